The fourth-order valence-corrected chi connectivity index (χ4v) is 1.59. The summed E-state index contributed by atoms with van der Waals surface area (Å²) >= 11 is 0. The Morgan fingerprint density at radius 1 is 1.56 bits per heavy atom. The molecule has 2 atom stereocenters. The number of H-pyrrole nitrogens is 1. The van der Waals surface area contributed by atoms with Crippen LogP contribution in [0.2, 0.25) is 0 Å². The van der Waals surface area contributed by atoms with Gasteiger partial charge in [-0.1, -0.05) is 20.3 Å². The van der Waals surface area contributed by atoms with Gasteiger partial charge in [-0.3, -0.25) is 9.89 Å². The van der Waals surface area contributed by atoms with Gasteiger partial charge < -0.3 is 10.1 Å². The highest BCUT2D eigenvalue weighted by atomic mass is 16.5. The van der Waals surface area contributed by atoms with Crippen LogP contribution >= 0.6 is 0 Å². The lowest BCUT2D eigenvalue weighted by Gasteiger charge is -2.21. The number of nitrogens with one attached hydrogen (secondary N) is 2. The van der Waals surface area contributed by atoms with Crippen LogP contribution in [0.15, 0.2) is 6.20 Å². The first-order chi connectivity index (χ1) is 8.51. The van der Waals surface area contributed by atoms with Crippen LogP contribution in [-0.2, 0) is 9.53 Å². The van der Waals surface area contributed by atoms with Gasteiger partial charge in [0, 0.05) is 5.69 Å². The molecule has 2 N–H and O–H groups in total. The van der Waals surface area contributed by atoms with Gasteiger partial charge in [0.15, 0.2) is 0 Å². The number of rotatable bonds is 5. The van der Waals surface area contributed by atoms with Gasteiger partial charge in [-0.25, -0.2) is 4.79 Å². The summed E-state index contributed by atoms with van der Waals surface area (Å²) in [6.45, 7) is 5.60. The Hall–Kier alpha value is -1.85. The minimum Gasteiger partial charge on any atom is -0.467 e. The number of nitrogens with zero attached hydrogens (tertiary/aromatic N) is 1. The molecule has 1 rings (SSSR count). The predicted octanol–water partition coefficient (Wildman–Crippen LogP) is 1.04. The lowest BCUT2D eigenvalue weighted by atomic mass is 9.99. The number of ether oxygens (including phenoxy) is 1. The molecule has 0 aliphatic heterocycles. The number of methoxy groups -OCH3 is 1. The molecule has 6 heteroatoms. The molecule has 6 nitrogen and oxygen atoms in total. The second kappa shape index (κ2) is 6.18. The number of hydrogen-bond acceptors (Lipinski definition) is 4. The maximum atomic E-state index is 12.0. The third-order valence-electron chi connectivity index (χ3n) is 3.03. The molecule has 1 aromatic heterocycles. The molecule has 0 aliphatic carbocycles. The zero-order chi connectivity index (χ0) is 13.7. The molecule has 100 valence electrons. The maximum absolute atomic E-state index is 12.0. The van der Waals surface area contributed by atoms with E-state index in [1.807, 2.05) is 13.8 Å². The van der Waals surface area contributed by atoms with E-state index in [1.165, 1.54) is 13.3 Å². The number of carbonyl (C=O) groups excluding carboxylic acids is 2. The summed E-state index contributed by atoms with van der Waals surface area (Å²) in [4.78, 5) is 23.6. The fourth-order valence-electron chi connectivity index (χ4n) is 1.59. The number of carbonyl (C=O) groups is 2. The summed E-state index contributed by atoms with van der Waals surface area (Å²) in [5.74, 6) is -0.746. The summed E-state index contributed by atoms with van der Waals surface area (Å²) in [6, 6.07) is -0.637. The van der Waals surface area contributed by atoms with Crippen molar-refractivity contribution >= 4 is 11.9 Å². The molecule has 0 fully saturated rings. The molecule has 1 heterocycles. The zero-order valence-electron chi connectivity index (χ0n) is 11.1. The summed E-state index contributed by atoms with van der Waals surface area (Å²) in [7, 11) is 1.31. The molecule has 0 radical (unpaired) electrons. The fraction of sp³-hybridized carbons (Fsp3) is 0.583. The number of amides is 1. The normalized spacial score (nSPS) is 13.8. The van der Waals surface area contributed by atoms with Crippen molar-refractivity contribution < 1.29 is 14.3 Å². The molecule has 1 amide bonds. The van der Waals surface area contributed by atoms with E-state index in [9.17, 15) is 9.59 Å². The summed E-state index contributed by atoms with van der Waals surface area (Å²) in [6.07, 6.45) is 2.21. The van der Waals surface area contributed by atoms with Crippen molar-refractivity contribution in [3.63, 3.8) is 0 Å². The Labute approximate surface area is 106 Å². The topological polar surface area (TPSA) is 84.1 Å². The summed E-state index contributed by atoms with van der Waals surface area (Å²) in [5.41, 5.74) is 1.10. The second-order valence-electron chi connectivity index (χ2n) is 4.27. The highest BCUT2D eigenvalue weighted by Crippen LogP contribution is 2.11. The molecule has 0 saturated carbocycles. The molecule has 18 heavy (non-hydrogen) atoms. The highest BCUT2D eigenvalue weighted by molar-refractivity contribution is 5.97. The molecule has 0 bridgehead atoms. The molecular weight excluding hydrogens is 234 g/mol. The Kier molecular flexibility index (Phi) is 4.88. The van der Waals surface area contributed by atoms with E-state index in [4.69, 9.17) is 4.74 Å². The molecule has 0 aromatic carbocycles. The van der Waals surface area contributed by atoms with Gasteiger partial charge in [0.2, 0.25) is 0 Å². The number of aryl methyl sites for hydroxylation is 1. The SMILES string of the molecule is CCC(C)C(NC(=O)c1cn[nH]c1C)C(=O)OC. The van der Waals surface area contributed by atoms with Gasteiger partial charge >= 0.3 is 5.97 Å². The van der Waals surface area contributed by atoms with Crippen LogP contribution in [-0.4, -0.2) is 35.2 Å². The monoisotopic (exact) mass is 253 g/mol. The van der Waals surface area contributed by atoms with E-state index in [0.717, 1.165) is 6.42 Å². The number of aromatic nitrogens is 2. The van der Waals surface area contributed by atoms with Gasteiger partial charge in [0.25, 0.3) is 5.91 Å². The zero-order valence-corrected chi connectivity index (χ0v) is 11.1. The van der Waals surface area contributed by atoms with Crippen LogP contribution < -0.4 is 5.32 Å². The van der Waals surface area contributed by atoms with Crippen molar-refractivity contribution in [2.75, 3.05) is 7.11 Å². The van der Waals surface area contributed by atoms with Gasteiger partial charge in [-0.05, 0) is 12.8 Å². The quantitative estimate of drug-likeness (QED) is 0.768. The van der Waals surface area contributed by atoms with Crippen molar-refractivity contribution in [1.82, 2.24) is 15.5 Å². The molecule has 0 aliphatic rings. The van der Waals surface area contributed by atoms with Crippen LogP contribution in [0.1, 0.15) is 36.3 Å². The average molecular weight is 253 g/mol. The lowest BCUT2D eigenvalue weighted by Crippen LogP contribution is -2.45. The summed E-state index contributed by atoms with van der Waals surface area (Å²) < 4.78 is 4.71. The van der Waals surface area contributed by atoms with E-state index >= 15 is 0 Å². The Balaban J connectivity index is 2.81. The third-order valence-corrected chi connectivity index (χ3v) is 3.03. The van der Waals surface area contributed by atoms with E-state index in [2.05, 4.69) is 15.5 Å². The first-order valence-electron chi connectivity index (χ1n) is 5.89. The number of hydrogen-bond donors (Lipinski definition) is 2. The maximum Gasteiger partial charge on any atom is 0.328 e. The average Bonchev–Trinajstić information content (AvgIpc) is 2.80. The standard InChI is InChI=1S/C12H19N3O3/c1-5-7(2)10(12(17)18-4)14-11(16)9-6-13-15-8(9)3/h6-7,10H,5H2,1-4H3,(H,13,15)(H,14,16). The van der Waals surface area contributed by atoms with Crippen LogP contribution in [0.4, 0.5) is 0 Å². The third kappa shape index (κ3) is 3.09. The minimum atomic E-state index is -0.637. The highest BCUT2D eigenvalue weighted by Gasteiger charge is 2.27. The van der Waals surface area contributed by atoms with Gasteiger partial charge in [-0.15, -0.1) is 0 Å². The van der Waals surface area contributed by atoms with Crippen molar-refractivity contribution in [3.8, 4) is 0 Å². The van der Waals surface area contributed by atoms with Gasteiger partial charge in [0.1, 0.15) is 6.04 Å². The summed E-state index contributed by atoms with van der Waals surface area (Å²) in [5, 5.41) is 9.15. The molecule has 2 unspecified atom stereocenters. The predicted molar refractivity (Wildman–Crippen MR) is 66.0 cm³/mol. The first-order valence-corrected chi connectivity index (χ1v) is 5.89. The van der Waals surface area contributed by atoms with Crippen molar-refractivity contribution in [2.45, 2.75) is 33.2 Å². The second-order valence-corrected chi connectivity index (χ2v) is 4.27. The Bertz CT molecular complexity index is 428. The van der Waals surface area contributed by atoms with E-state index < -0.39 is 12.0 Å². The molecular formula is C12H19N3O3. The van der Waals surface area contributed by atoms with E-state index in [1.54, 1.807) is 6.92 Å². The van der Waals surface area contributed by atoms with E-state index in [-0.39, 0.29) is 11.8 Å². The first kappa shape index (κ1) is 14.2. The van der Waals surface area contributed by atoms with Crippen molar-refractivity contribution in [3.05, 3.63) is 17.5 Å². The van der Waals surface area contributed by atoms with E-state index in [0.29, 0.717) is 11.3 Å². The lowest BCUT2D eigenvalue weighted by molar-refractivity contribution is -0.144. The Morgan fingerprint density at radius 3 is 2.67 bits per heavy atom. The number of esters is 1. The largest absolute Gasteiger partial charge is 0.467 e. The smallest absolute Gasteiger partial charge is 0.328 e. The van der Waals surface area contributed by atoms with Crippen LogP contribution in [0, 0.1) is 12.8 Å². The minimum absolute atomic E-state index is 0.00797. The van der Waals surface area contributed by atoms with Crippen LogP contribution in [0.25, 0.3) is 0 Å². The van der Waals surface area contributed by atoms with Crippen LogP contribution in [0.3, 0.4) is 0 Å². The molecule has 1 aromatic rings. The molecule has 0 saturated heterocycles. The van der Waals surface area contributed by atoms with Gasteiger partial charge in [0.05, 0.1) is 18.9 Å². The van der Waals surface area contributed by atoms with Crippen molar-refractivity contribution in [2.24, 2.45) is 5.92 Å². The van der Waals surface area contributed by atoms with Crippen LogP contribution in [0.5, 0.6) is 0 Å². The van der Waals surface area contributed by atoms with Crippen molar-refractivity contribution in [1.29, 1.82) is 0 Å². The Morgan fingerprint density at radius 2 is 2.22 bits per heavy atom. The van der Waals surface area contributed by atoms with Gasteiger partial charge in [-0.2, -0.15) is 5.10 Å². The number of aromatic amines is 1. The molecule has 0 spiro atoms.